The van der Waals surface area contributed by atoms with Crippen molar-refractivity contribution < 1.29 is 5.11 Å². The number of nitriles is 1. The van der Waals surface area contributed by atoms with E-state index >= 15 is 0 Å². The molecule has 2 rings (SSSR count). The summed E-state index contributed by atoms with van der Waals surface area (Å²) in [5, 5.41) is 19.3. The summed E-state index contributed by atoms with van der Waals surface area (Å²) in [6.07, 6.45) is 3.18. The second kappa shape index (κ2) is 7.06. The SMILES string of the molecule is CCC(C)C(C)N(CC(O)c1ccc(C#N)cc1)C1CC1. The van der Waals surface area contributed by atoms with Gasteiger partial charge in [-0.05, 0) is 43.4 Å². The quantitative estimate of drug-likeness (QED) is 0.834. The lowest BCUT2D eigenvalue weighted by atomic mass is 9.98. The smallest absolute Gasteiger partial charge is 0.0991 e. The molecule has 1 N–H and O–H groups in total. The van der Waals surface area contributed by atoms with Gasteiger partial charge < -0.3 is 5.11 Å². The fourth-order valence-electron chi connectivity index (χ4n) is 2.81. The molecule has 0 heterocycles. The number of benzene rings is 1. The van der Waals surface area contributed by atoms with Crippen molar-refractivity contribution in [2.45, 2.75) is 58.2 Å². The third-order valence-electron chi connectivity index (χ3n) is 4.81. The molecule has 3 unspecified atom stereocenters. The molecule has 1 fully saturated rings. The molecule has 1 aliphatic carbocycles. The van der Waals surface area contributed by atoms with Gasteiger partial charge in [0.1, 0.15) is 0 Å². The Labute approximate surface area is 128 Å². The van der Waals surface area contributed by atoms with Crippen LogP contribution in [0.4, 0.5) is 0 Å². The first-order valence-corrected chi connectivity index (χ1v) is 8.00. The molecule has 0 saturated heterocycles. The van der Waals surface area contributed by atoms with Crippen LogP contribution in [0.3, 0.4) is 0 Å². The summed E-state index contributed by atoms with van der Waals surface area (Å²) in [4.78, 5) is 2.47. The van der Waals surface area contributed by atoms with Gasteiger partial charge >= 0.3 is 0 Å². The van der Waals surface area contributed by atoms with Gasteiger partial charge in [-0.2, -0.15) is 5.26 Å². The minimum absolute atomic E-state index is 0.482. The van der Waals surface area contributed by atoms with Crippen molar-refractivity contribution in [1.29, 1.82) is 5.26 Å². The van der Waals surface area contributed by atoms with Crippen molar-refractivity contribution >= 4 is 0 Å². The first kappa shape index (κ1) is 16.0. The van der Waals surface area contributed by atoms with Gasteiger partial charge in [-0.15, -0.1) is 0 Å². The first-order valence-electron chi connectivity index (χ1n) is 8.00. The van der Waals surface area contributed by atoms with E-state index in [1.807, 2.05) is 12.1 Å². The molecule has 0 radical (unpaired) electrons. The predicted molar refractivity (Wildman–Crippen MR) is 84.8 cm³/mol. The molecular weight excluding hydrogens is 260 g/mol. The Morgan fingerprint density at radius 1 is 1.29 bits per heavy atom. The van der Waals surface area contributed by atoms with Crippen molar-refractivity contribution in [3.63, 3.8) is 0 Å². The number of hydrogen-bond donors (Lipinski definition) is 1. The number of nitrogens with zero attached hydrogens (tertiary/aromatic N) is 2. The fourth-order valence-corrected chi connectivity index (χ4v) is 2.81. The molecule has 0 spiro atoms. The van der Waals surface area contributed by atoms with E-state index in [1.54, 1.807) is 12.1 Å². The normalized spacial score (nSPS) is 19.0. The van der Waals surface area contributed by atoms with Crippen LogP contribution in [-0.4, -0.2) is 28.6 Å². The van der Waals surface area contributed by atoms with Crippen LogP contribution < -0.4 is 0 Å². The van der Waals surface area contributed by atoms with Crippen LogP contribution in [0.1, 0.15) is 57.3 Å². The maximum absolute atomic E-state index is 10.5. The van der Waals surface area contributed by atoms with Crippen LogP contribution >= 0.6 is 0 Å². The molecule has 114 valence electrons. The molecule has 0 aromatic heterocycles. The summed E-state index contributed by atoms with van der Waals surface area (Å²) in [7, 11) is 0. The summed E-state index contributed by atoms with van der Waals surface area (Å²) in [6.45, 7) is 7.47. The highest BCUT2D eigenvalue weighted by molar-refractivity contribution is 5.32. The van der Waals surface area contributed by atoms with Crippen LogP contribution in [0, 0.1) is 17.2 Å². The van der Waals surface area contributed by atoms with E-state index < -0.39 is 6.10 Å². The molecule has 1 saturated carbocycles. The summed E-state index contributed by atoms with van der Waals surface area (Å²) in [5.41, 5.74) is 1.54. The molecule has 21 heavy (non-hydrogen) atoms. The highest BCUT2D eigenvalue weighted by Crippen LogP contribution is 2.33. The Morgan fingerprint density at radius 3 is 2.38 bits per heavy atom. The van der Waals surface area contributed by atoms with E-state index in [1.165, 1.54) is 12.8 Å². The van der Waals surface area contributed by atoms with Gasteiger partial charge in [-0.1, -0.05) is 32.4 Å². The molecule has 1 aliphatic rings. The van der Waals surface area contributed by atoms with Gasteiger partial charge in [-0.3, -0.25) is 4.90 Å². The highest BCUT2D eigenvalue weighted by atomic mass is 16.3. The Bertz CT molecular complexity index is 487. The van der Waals surface area contributed by atoms with E-state index in [-0.39, 0.29) is 0 Å². The summed E-state index contributed by atoms with van der Waals surface area (Å²) < 4.78 is 0. The zero-order valence-electron chi connectivity index (χ0n) is 13.3. The third kappa shape index (κ3) is 4.06. The second-order valence-electron chi connectivity index (χ2n) is 6.30. The molecule has 3 heteroatoms. The van der Waals surface area contributed by atoms with Gasteiger partial charge in [0.2, 0.25) is 0 Å². The van der Waals surface area contributed by atoms with Crippen molar-refractivity contribution in [3.8, 4) is 6.07 Å². The topological polar surface area (TPSA) is 47.3 Å². The fraction of sp³-hybridized carbons (Fsp3) is 0.611. The average Bonchev–Trinajstić information content (AvgIpc) is 3.35. The third-order valence-corrected chi connectivity index (χ3v) is 4.81. The average molecular weight is 286 g/mol. The zero-order valence-corrected chi connectivity index (χ0v) is 13.3. The lowest BCUT2D eigenvalue weighted by Crippen LogP contribution is -2.41. The molecule has 1 aromatic carbocycles. The second-order valence-corrected chi connectivity index (χ2v) is 6.30. The summed E-state index contributed by atoms with van der Waals surface area (Å²) in [5.74, 6) is 0.638. The Kier molecular flexibility index (Phi) is 5.39. The van der Waals surface area contributed by atoms with Gasteiger partial charge in [0.25, 0.3) is 0 Å². The van der Waals surface area contributed by atoms with Crippen molar-refractivity contribution in [2.75, 3.05) is 6.54 Å². The van der Waals surface area contributed by atoms with E-state index in [4.69, 9.17) is 5.26 Å². The largest absolute Gasteiger partial charge is 0.387 e. The maximum atomic E-state index is 10.5. The van der Waals surface area contributed by atoms with Gasteiger partial charge in [0.05, 0.1) is 17.7 Å². The molecule has 0 amide bonds. The first-order chi connectivity index (χ1) is 10.1. The summed E-state index contributed by atoms with van der Waals surface area (Å²) in [6, 6.07) is 10.5. The van der Waals surface area contributed by atoms with E-state index in [9.17, 15) is 5.11 Å². The van der Waals surface area contributed by atoms with E-state index in [2.05, 4.69) is 31.7 Å². The van der Waals surface area contributed by atoms with E-state index in [0.29, 0.717) is 30.1 Å². The van der Waals surface area contributed by atoms with Crippen LogP contribution in [0.25, 0.3) is 0 Å². The van der Waals surface area contributed by atoms with Crippen molar-refractivity contribution in [1.82, 2.24) is 4.90 Å². The lowest BCUT2D eigenvalue weighted by Gasteiger charge is -2.34. The Hall–Kier alpha value is -1.37. The molecule has 0 aliphatic heterocycles. The lowest BCUT2D eigenvalue weighted by molar-refractivity contribution is 0.0676. The van der Waals surface area contributed by atoms with Crippen LogP contribution in [0.2, 0.25) is 0 Å². The monoisotopic (exact) mass is 286 g/mol. The summed E-state index contributed by atoms with van der Waals surface area (Å²) >= 11 is 0. The molecule has 0 bridgehead atoms. The van der Waals surface area contributed by atoms with Crippen LogP contribution in [-0.2, 0) is 0 Å². The van der Waals surface area contributed by atoms with Gasteiger partial charge in [0, 0.05) is 18.6 Å². The van der Waals surface area contributed by atoms with Crippen molar-refractivity contribution in [3.05, 3.63) is 35.4 Å². The van der Waals surface area contributed by atoms with E-state index in [0.717, 1.165) is 12.0 Å². The number of aliphatic hydroxyl groups is 1. The minimum atomic E-state index is -0.482. The predicted octanol–water partition coefficient (Wildman–Crippen LogP) is 3.49. The van der Waals surface area contributed by atoms with Crippen molar-refractivity contribution in [2.24, 2.45) is 5.92 Å². The Balaban J connectivity index is 2.03. The number of rotatable bonds is 7. The number of aliphatic hydroxyl groups excluding tert-OH is 1. The highest BCUT2D eigenvalue weighted by Gasteiger charge is 2.34. The van der Waals surface area contributed by atoms with Gasteiger partial charge in [-0.25, -0.2) is 0 Å². The standard InChI is InChI=1S/C18H26N2O/c1-4-13(2)14(3)20(17-9-10-17)12-18(21)16-7-5-15(11-19)6-8-16/h5-8,13-14,17-18,21H,4,9-10,12H2,1-3H3. The number of hydrogen-bond acceptors (Lipinski definition) is 3. The molecule has 3 atom stereocenters. The van der Waals surface area contributed by atoms with Crippen LogP contribution in [0.15, 0.2) is 24.3 Å². The minimum Gasteiger partial charge on any atom is -0.387 e. The molecule has 3 nitrogen and oxygen atoms in total. The molecular formula is C18H26N2O. The Morgan fingerprint density at radius 2 is 1.90 bits per heavy atom. The van der Waals surface area contributed by atoms with Crippen LogP contribution in [0.5, 0.6) is 0 Å². The maximum Gasteiger partial charge on any atom is 0.0991 e. The zero-order chi connectivity index (χ0) is 15.4. The molecule has 1 aromatic rings. The van der Waals surface area contributed by atoms with Gasteiger partial charge in [0.15, 0.2) is 0 Å².